The van der Waals surface area contributed by atoms with Gasteiger partial charge in [0.1, 0.15) is 18.0 Å². The first-order valence-corrected chi connectivity index (χ1v) is 12.7. The summed E-state index contributed by atoms with van der Waals surface area (Å²) in [7, 11) is 1.71. The highest BCUT2D eigenvalue weighted by molar-refractivity contribution is 5.62. The molecule has 1 aliphatic heterocycles. The van der Waals surface area contributed by atoms with E-state index in [1.807, 2.05) is 36.4 Å². The Morgan fingerprint density at radius 2 is 1.89 bits per heavy atom. The molecule has 0 saturated carbocycles. The number of pyridine rings is 1. The SMILES string of the molecule is COc1ccccc1CN1CCN(c2cnn(C3=CC(C)CC=C3)c(=O)c2OCc2cccnc2)CC1. The van der Waals surface area contributed by atoms with Gasteiger partial charge in [0.05, 0.1) is 19.0 Å². The standard InChI is InChI=1S/C29H33N5O3/c1-22-7-5-10-25(17-22)34-29(35)28(37-21-23-8-6-12-30-18-23)26(19-31-34)33-15-13-32(14-16-33)20-24-9-3-4-11-27(24)36-2/h3-6,8-12,17-19,22H,7,13-16,20-21H2,1-2H3. The molecule has 1 atom stereocenters. The molecule has 2 aliphatic rings. The molecule has 192 valence electrons. The van der Waals surface area contributed by atoms with E-state index >= 15 is 0 Å². The molecule has 5 rings (SSSR count). The average Bonchev–Trinajstić information content (AvgIpc) is 2.93. The normalized spacial score (nSPS) is 17.9. The summed E-state index contributed by atoms with van der Waals surface area (Å²) in [6.07, 6.45) is 12.3. The lowest BCUT2D eigenvalue weighted by atomic mass is 10.0. The fourth-order valence-electron chi connectivity index (χ4n) is 4.79. The molecular weight excluding hydrogens is 466 g/mol. The van der Waals surface area contributed by atoms with Crippen LogP contribution in [0, 0.1) is 5.92 Å². The lowest BCUT2D eigenvalue weighted by Crippen LogP contribution is -2.46. The zero-order valence-electron chi connectivity index (χ0n) is 21.4. The Kier molecular flexibility index (Phi) is 7.65. The Morgan fingerprint density at radius 1 is 1.05 bits per heavy atom. The molecule has 0 amide bonds. The van der Waals surface area contributed by atoms with Gasteiger partial charge < -0.3 is 14.4 Å². The predicted molar refractivity (Wildman–Crippen MR) is 145 cm³/mol. The number of allylic oxidation sites excluding steroid dienone is 4. The number of piperazine rings is 1. The summed E-state index contributed by atoms with van der Waals surface area (Å²) in [5, 5.41) is 4.56. The summed E-state index contributed by atoms with van der Waals surface area (Å²) in [5.41, 5.74) is 3.34. The van der Waals surface area contributed by atoms with E-state index in [0.29, 0.717) is 11.7 Å². The number of benzene rings is 1. The van der Waals surface area contributed by atoms with E-state index in [2.05, 4.69) is 45.0 Å². The van der Waals surface area contributed by atoms with Crippen LogP contribution in [0.4, 0.5) is 5.69 Å². The minimum Gasteiger partial charge on any atom is -0.496 e. The van der Waals surface area contributed by atoms with Crippen molar-refractivity contribution in [2.45, 2.75) is 26.5 Å². The molecule has 1 fully saturated rings. The van der Waals surface area contributed by atoms with Crippen molar-refractivity contribution in [2.24, 2.45) is 5.92 Å². The lowest BCUT2D eigenvalue weighted by molar-refractivity contribution is 0.243. The maximum atomic E-state index is 13.7. The predicted octanol–water partition coefficient (Wildman–Crippen LogP) is 3.99. The number of ether oxygens (including phenoxy) is 2. The van der Waals surface area contributed by atoms with Gasteiger partial charge in [-0.15, -0.1) is 0 Å². The van der Waals surface area contributed by atoms with E-state index in [4.69, 9.17) is 9.47 Å². The van der Waals surface area contributed by atoms with Gasteiger partial charge in [-0.05, 0) is 30.5 Å². The Bertz CT molecular complexity index is 1330. The van der Waals surface area contributed by atoms with Gasteiger partial charge in [0.25, 0.3) is 0 Å². The van der Waals surface area contributed by atoms with Crippen LogP contribution in [0.15, 0.2) is 78.0 Å². The summed E-state index contributed by atoms with van der Waals surface area (Å²) in [4.78, 5) is 22.4. The van der Waals surface area contributed by atoms with Crippen LogP contribution in [0.2, 0.25) is 0 Å². The Balaban J connectivity index is 1.37. The monoisotopic (exact) mass is 499 g/mol. The number of nitrogens with zero attached hydrogens (tertiary/aromatic N) is 5. The van der Waals surface area contributed by atoms with Gasteiger partial charge >= 0.3 is 5.56 Å². The largest absolute Gasteiger partial charge is 0.496 e. The molecule has 3 aromatic rings. The molecule has 8 nitrogen and oxygen atoms in total. The van der Waals surface area contributed by atoms with Crippen LogP contribution in [-0.4, -0.2) is 53.0 Å². The van der Waals surface area contributed by atoms with E-state index in [-0.39, 0.29) is 12.2 Å². The number of hydrogen-bond acceptors (Lipinski definition) is 7. The summed E-state index contributed by atoms with van der Waals surface area (Å²) in [6, 6.07) is 11.9. The van der Waals surface area contributed by atoms with Gasteiger partial charge in [-0.1, -0.05) is 43.3 Å². The van der Waals surface area contributed by atoms with Gasteiger partial charge in [-0.3, -0.25) is 14.7 Å². The summed E-state index contributed by atoms with van der Waals surface area (Å²) in [5.74, 6) is 1.58. The summed E-state index contributed by atoms with van der Waals surface area (Å²) >= 11 is 0. The van der Waals surface area contributed by atoms with Crippen molar-refractivity contribution in [3.8, 4) is 11.5 Å². The first-order chi connectivity index (χ1) is 18.1. The van der Waals surface area contributed by atoms with Gasteiger partial charge in [0.2, 0.25) is 5.75 Å². The number of anilines is 1. The molecule has 8 heteroatoms. The molecule has 3 heterocycles. The average molecular weight is 500 g/mol. The highest BCUT2D eigenvalue weighted by atomic mass is 16.5. The Hall–Kier alpha value is -3.91. The molecule has 37 heavy (non-hydrogen) atoms. The Morgan fingerprint density at radius 3 is 2.65 bits per heavy atom. The molecule has 1 aliphatic carbocycles. The third-order valence-electron chi connectivity index (χ3n) is 6.82. The molecule has 1 unspecified atom stereocenters. The molecule has 0 spiro atoms. The van der Waals surface area contributed by atoms with Crippen LogP contribution >= 0.6 is 0 Å². The van der Waals surface area contributed by atoms with Crippen LogP contribution in [0.1, 0.15) is 24.5 Å². The van der Waals surface area contributed by atoms with Crippen LogP contribution in [0.25, 0.3) is 5.70 Å². The fourth-order valence-corrected chi connectivity index (χ4v) is 4.79. The highest BCUT2D eigenvalue weighted by Gasteiger charge is 2.24. The highest BCUT2D eigenvalue weighted by Crippen LogP contribution is 2.28. The molecular formula is C29H33N5O3. The van der Waals surface area contributed by atoms with Gasteiger partial charge in [0.15, 0.2) is 0 Å². The van der Waals surface area contributed by atoms with Gasteiger partial charge in [0, 0.05) is 56.2 Å². The quantitative estimate of drug-likeness (QED) is 0.464. The van der Waals surface area contributed by atoms with Crippen molar-refractivity contribution < 1.29 is 9.47 Å². The maximum Gasteiger partial charge on any atom is 0.316 e. The molecule has 1 saturated heterocycles. The second kappa shape index (κ2) is 11.4. The number of aromatic nitrogens is 3. The van der Waals surface area contributed by atoms with Crippen LogP contribution in [-0.2, 0) is 13.2 Å². The molecule has 1 aromatic carbocycles. The van der Waals surface area contributed by atoms with Crippen molar-refractivity contribution >= 4 is 11.4 Å². The second-order valence-electron chi connectivity index (χ2n) is 9.51. The van der Waals surface area contributed by atoms with E-state index in [0.717, 1.165) is 61.8 Å². The number of para-hydroxylation sites is 1. The first kappa shape index (κ1) is 24.8. The number of methoxy groups -OCH3 is 1. The minimum absolute atomic E-state index is 0.247. The van der Waals surface area contributed by atoms with Crippen molar-refractivity contribution in [3.05, 3.63) is 94.7 Å². The topological polar surface area (TPSA) is 72.7 Å². The van der Waals surface area contributed by atoms with Crippen molar-refractivity contribution in [1.29, 1.82) is 0 Å². The maximum absolute atomic E-state index is 13.7. The van der Waals surface area contributed by atoms with Crippen molar-refractivity contribution in [2.75, 3.05) is 38.2 Å². The van der Waals surface area contributed by atoms with E-state index < -0.39 is 0 Å². The van der Waals surface area contributed by atoms with E-state index in [9.17, 15) is 4.79 Å². The van der Waals surface area contributed by atoms with Crippen LogP contribution < -0.4 is 19.9 Å². The molecule has 0 bridgehead atoms. The summed E-state index contributed by atoms with van der Waals surface area (Å²) in [6.45, 7) is 6.46. The number of rotatable bonds is 8. The summed E-state index contributed by atoms with van der Waals surface area (Å²) < 4.78 is 13.2. The number of hydrogen-bond donors (Lipinski definition) is 0. The fraction of sp³-hybridized carbons (Fsp3) is 0.345. The third-order valence-corrected chi connectivity index (χ3v) is 6.82. The molecule has 0 N–H and O–H groups in total. The van der Waals surface area contributed by atoms with E-state index in [1.54, 1.807) is 25.7 Å². The van der Waals surface area contributed by atoms with Crippen molar-refractivity contribution in [1.82, 2.24) is 19.7 Å². The van der Waals surface area contributed by atoms with E-state index in [1.165, 1.54) is 10.2 Å². The van der Waals surface area contributed by atoms with Crippen LogP contribution in [0.5, 0.6) is 11.5 Å². The smallest absolute Gasteiger partial charge is 0.316 e. The molecule has 0 radical (unpaired) electrons. The Labute approximate surface area is 217 Å². The minimum atomic E-state index is -0.247. The first-order valence-electron chi connectivity index (χ1n) is 12.7. The third kappa shape index (κ3) is 5.75. The zero-order valence-corrected chi connectivity index (χ0v) is 21.4. The second-order valence-corrected chi connectivity index (χ2v) is 9.51. The van der Waals surface area contributed by atoms with Gasteiger partial charge in [-0.2, -0.15) is 9.78 Å². The molecule has 2 aromatic heterocycles. The van der Waals surface area contributed by atoms with Gasteiger partial charge in [-0.25, -0.2) is 0 Å². The van der Waals surface area contributed by atoms with Crippen molar-refractivity contribution in [3.63, 3.8) is 0 Å². The van der Waals surface area contributed by atoms with Crippen LogP contribution in [0.3, 0.4) is 0 Å². The lowest BCUT2D eigenvalue weighted by Gasteiger charge is -2.36. The zero-order chi connectivity index (χ0) is 25.6.